The molecule has 2 aliphatic carbocycles. The van der Waals surface area contributed by atoms with Crippen LogP contribution in [0.4, 0.5) is 11.6 Å². The van der Waals surface area contributed by atoms with E-state index in [-0.39, 0.29) is 0 Å². The second kappa shape index (κ2) is 9.67. The molecule has 0 spiro atoms. The number of aryl methyl sites for hydroxylation is 3. The second-order valence-corrected chi connectivity index (χ2v) is 9.59. The van der Waals surface area contributed by atoms with Crippen LogP contribution in [0.3, 0.4) is 0 Å². The Balaban J connectivity index is 0.00000119. The van der Waals surface area contributed by atoms with Crippen molar-refractivity contribution in [3.05, 3.63) is 40.1 Å². The molecule has 0 fully saturated rings. The summed E-state index contributed by atoms with van der Waals surface area (Å²) in [6, 6.07) is 4.86. The Morgan fingerprint density at radius 3 is 2.34 bits per heavy atom. The van der Waals surface area contributed by atoms with Gasteiger partial charge >= 0.3 is 0 Å². The number of rotatable bonds is 6. The van der Waals surface area contributed by atoms with Crippen LogP contribution in [0.5, 0.6) is 0 Å². The highest BCUT2D eigenvalue weighted by molar-refractivity contribution is 7.99. The van der Waals surface area contributed by atoms with Crippen molar-refractivity contribution in [1.82, 2.24) is 29.9 Å². The number of nitrogens with one attached hydrogen (secondary N) is 2. The summed E-state index contributed by atoms with van der Waals surface area (Å²) in [5, 5.41) is 17.3. The van der Waals surface area contributed by atoms with E-state index in [1.807, 2.05) is 25.6 Å². The van der Waals surface area contributed by atoms with Gasteiger partial charge in [-0.05, 0) is 99.6 Å². The fraction of sp³-hybridized carbons (Fsp3) is 0.542. The Kier molecular flexibility index (Phi) is 6.90. The Bertz CT molecular complexity index is 1050. The molecule has 0 amide bonds. The fourth-order valence-electron chi connectivity index (χ4n) is 4.69. The summed E-state index contributed by atoms with van der Waals surface area (Å²) in [6.07, 6.45) is 7.20. The summed E-state index contributed by atoms with van der Waals surface area (Å²) in [5.74, 6) is 0.713. The van der Waals surface area contributed by atoms with Gasteiger partial charge < -0.3 is 10.2 Å². The summed E-state index contributed by atoms with van der Waals surface area (Å²) in [6.45, 7) is 6.18. The number of aromatic amines is 1. The third-order valence-corrected chi connectivity index (χ3v) is 7.25. The first-order chi connectivity index (χ1) is 15.5. The number of anilines is 2. The maximum atomic E-state index is 4.70. The highest BCUT2D eigenvalue weighted by Gasteiger charge is 2.24. The van der Waals surface area contributed by atoms with Gasteiger partial charge in [-0.3, -0.25) is 4.68 Å². The zero-order valence-electron chi connectivity index (χ0n) is 20.1. The molecule has 1 unspecified atom stereocenters. The molecule has 0 aliphatic heterocycles. The van der Waals surface area contributed by atoms with Gasteiger partial charge in [0.2, 0.25) is 11.1 Å². The molecule has 1 atom stereocenters. The van der Waals surface area contributed by atoms with E-state index in [2.05, 4.69) is 58.7 Å². The van der Waals surface area contributed by atoms with Gasteiger partial charge in [0.05, 0.1) is 5.69 Å². The lowest BCUT2D eigenvalue weighted by Crippen LogP contribution is -2.19. The van der Waals surface area contributed by atoms with Crippen LogP contribution in [0, 0.1) is 0 Å². The van der Waals surface area contributed by atoms with Crippen molar-refractivity contribution in [2.24, 2.45) is 7.05 Å². The number of fused-ring (bicyclic) bond motifs is 2. The van der Waals surface area contributed by atoms with E-state index in [4.69, 9.17) is 4.98 Å². The van der Waals surface area contributed by atoms with Crippen LogP contribution in [-0.4, -0.2) is 44.0 Å². The molecule has 2 heterocycles. The molecule has 32 heavy (non-hydrogen) atoms. The number of aromatic nitrogens is 5. The normalized spacial score (nSPS) is 15.3. The average molecular weight is 454 g/mol. The quantitative estimate of drug-likeness (QED) is 0.543. The number of hydrogen-bond donors (Lipinski definition) is 2. The number of hydrogen-bond acceptors (Lipinski definition) is 6. The lowest BCUT2D eigenvalue weighted by Gasteiger charge is -2.19. The molecular formula is C24H35N7S. The fourth-order valence-corrected chi connectivity index (χ4v) is 5.45. The first kappa shape index (κ1) is 22.9. The van der Waals surface area contributed by atoms with Crippen molar-refractivity contribution in [2.45, 2.75) is 75.5 Å². The van der Waals surface area contributed by atoms with Gasteiger partial charge in [-0.25, -0.2) is 5.10 Å². The minimum atomic E-state index is 0.295. The molecular weight excluding hydrogens is 418 g/mol. The number of nitrogens with zero attached hydrogens (tertiary/aromatic N) is 5. The minimum Gasteiger partial charge on any atom is -0.324 e. The van der Waals surface area contributed by atoms with E-state index in [0.29, 0.717) is 17.1 Å². The van der Waals surface area contributed by atoms with E-state index >= 15 is 0 Å². The van der Waals surface area contributed by atoms with Gasteiger partial charge in [0, 0.05) is 18.8 Å². The smallest absolute Gasteiger partial charge is 0.224 e. The van der Waals surface area contributed by atoms with Crippen LogP contribution in [0.15, 0.2) is 22.3 Å². The largest absolute Gasteiger partial charge is 0.324 e. The van der Waals surface area contributed by atoms with Crippen molar-refractivity contribution in [3.63, 3.8) is 0 Å². The van der Waals surface area contributed by atoms with Crippen LogP contribution >= 0.6 is 11.8 Å². The maximum Gasteiger partial charge on any atom is 0.224 e. The molecule has 0 saturated heterocycles. The van der Waals surface area contributed by atoms with Crippen LogP contribution in [0.1, 0.15) is 67.6 Å². The molecule has 5 rings (SSSR count). The van der Waals surface area contributed by atoms with Crippen LogP contribution < -0.4 is 5.32 Å². The summed E-state index contributed by atoms with van der Waals surface area (Å²) in [7, 11) is 6.14. The van der Waals surface area contributed by atoms with Crippen molar-refractivity contribution in [2.75, 3.05) is 19.4 Å². The topological polar surface area (TPSA) is 74.7 Å². The third-order valence-electron chi connectivity index (χ3n) is 6.47. The van der Waals surface area contributed by atoms with Gasteiger partial charge in [0.25, 0.3) is 0 Å². The van der Waals surface area contributed by atoms with E-state index in [1.54, 1.807) is 0 Å². The highest BCUT2D eigenvalue weighted by atomic mass is 32.2. The van der Waals surface area contributed by atoms with Crippen LogP contribution in [-0.2, 0) is 32.7 Å². The molecule has 2 aliphatic rings. The Morgan fingerprint density at radius 1 is 1.06 bits per heavy atom. The maximum absolute atomic E-state index is 4.70. The molecule has 0 saturated carbocycles. The monoisotopic (exact) mass is 453 g/mol. The summed E-state index contributed by atoms with van der Waals surface area (Å²) in [4.78, 5) is 6.87. The highest BCUT2D eigenvalue weighted by Crippen LogP contribution is 2.39. The Morgan fingerprint density at radius 2 is 1.72 bits per heavy atom. The van der Waals surface area contributed by atoms with Crippen LogP contribution in [0.2, 0.25) is 0 Å². The van der Waals surface area contributed by atoms with E-state index in [0.717, 1.165) is 17.9 Å². The van der Waals surface area contributed by atoms with E-state index in [9.17, 15) is 0 Å². The lowest BCUT2D eigenvalue weighted by atomic mass is 9.99. The Labute approximate surface area is 195 Å². The van der Waals surface area contributed by atoms with Crippen molar-refractivity contribution >= 4 is 23.4 Å². The van der Waals surface area contributed by atoms with Crippen LogP contribution in [0.25, 0.3) is 0 Å². The second-order valence-electron chi connectivity index (χ2n) is 8.60. The van der Waals surface area contributed by atoms with Gasteiger partial charge in [0.15, 0.2) is 0 Å². The summed E-state index contributed by atoms with van der Waals surface area (Å²) >= 11 is 1.49. The number of benzene rings is 1. The zero-order valence-corrected chi connectivity index (χ0v) is 20.9. The minimum absolute atomic E-state index is 0.295. The predicted molar refractivity (Wildman–Crippen MR) is 131 cm³/mol. The molecule has 8 heteroatoms. The molecule has 172 valence electrons. The molecule has 0 bridgehead atoms. The lowest BCUT2D eigenvalue weighted by molar-refractivity contribution is 0.307. The SMILES string of the molecule is CC.CC(c1cc(Sc2n[nH]c(Nc3c4c(cc5c3CCC5)CCC4)n2)nn1C)N(C)C. The summed E-state index contributed by atoms with van der Waals surface area (Å²) in [5.41, 5.74) is 8.45. The van der Waals surface area contributed by atoms with E-state index in [1.165, 1.54) is 71.1 Å². The zero-order chi connectivity index (χ0) is 22.8. The van der Waals surface area contributed by atoms with Gasteiger partial charge in [-0.2, -0.15) is 10.1 Å². The van der Waals surface area contributed by atoms with E-state index < -0.39 is 0 Å². The first-order valence-corrected chi connectivity index (χ1v) is 12.6. The van der Waals surface area contributed by atoms with Gasteiger partial charge in [0.1, 0.15) is 5.03 Å². The Hall–Kier alpha value is -2.32. The average Bonchev–Trinajstić information content (AvgIpc) is 3.56. The van der Waals surface area contributed by atoms with Crippen molar-refractivity contribution in [1.29, 1.82) is 0 Å². The molecule has 0 radical (unpaired) electrons. The first-order valence-electron chi connectivity index (χ1n) is 11.7. The number of H-pyrrole nitrogens is 1. The predicted octanol–water partition coefficient (Wildman–Crippen LogP) is 5.06. The molecule has 1 aromatic carbocycles. The third kappa shape index (κ3) is 4.43. The molecule has 2 N–H and O–H groups in total. The molecule has 2 aromatic heterocycles. The van der Waals surface area contributed by atoms with Crippen molar-refractivity contribution in [3.8, 4) is 0 Å². The summed E-state index contributed by atoms with van der Waals surface area (Å²) < 4.78 is 1.94. The molecule has 7 nitrogen and oxygen atoms in total. The van der Waals surface area contributed by atoms with Crippen molar-refractivity contribution < 1.29 is 0 Å². The molecule has 3 aromatic rings. The van der Waals surface area contributed by atoms with Gasteiger partial charge in [-0.15, -0.1) is 5.10 Å². The van der Waals surface area contributed by atoms with Gasteiger partial charge in [-0.1, -0.05) is 19.9 Å². The standard InChI is InChI=1S/C22H29N7S.C2H6/c1-13(28(2)3)18-12-19(27-29(18)4)30-22-24-21(25-26-22)23-20-16-9-5-7-14(16)11-15-8-6-10-17(15)20;1-2/h11-13H,5-10H2,1-4H3,(H2,23,24,25,26);1-2H3.